The molecule has 4 rings (SSSR count). The minimum absolute atomic E-state index is 0.911. The van der Waals surface area contributed by atoms with Crippen molar-refractivity contribution >= 4 is 21.5 Å². The van der Waals surface area contributed by atoms with Crippen molar-refractivity contribution in [2.45, 2.75) is 0 Å². The fourth-order valence-electron chi connectivity index (χ4n) is 2.97. The lowest BCUT2D eigenvalue weighted by Gasteiger charge is -2.11. The van der Waals surface area contributed by atoms with E-state index in [2.05, 4.69) is 78.9 Å². The topological polar surface area (TPSA) is 9.23 Å². The zero-order valence-corrected chi connectivity index (χ0v) is 12.4. The molecule has 106 valence electrons. The summed E-state index contributed by atoms with van der Waals surface area (Å²) in [5.74, 6) is 0.911. The molecule has 0 heterocycles. The second-order valence-electron chi connectivity index (χ2n) is 5.46. The molecule has 0 amide bonds. The maximum atomic E-state index is 5.62. The predicted molar refractivity (Wildman–Crippen MR) is 93.4 cm³/mol. The van der Waals surface area contributed by atoms with Crippen LogP contribution >= 0.6 is 0 Å². The van der Waals surface area contributed by atoms with Crippen molar-refractivity contribution < 1.29 is 4.74 Å². The number of hydrogen-bond acceptors (Lipinski definition) is 1. The van der Waals surface area contributed by atoms with Crippen LogP contribution in [0.2, 0.25) is 0 Å². The molecule has 0 aliphatic heterocycles. The molecule has 1 heteroatoms. The van der Waals surface area contributed by atoms with Crippen LogP contribution in [0.1, 0.15) is 0 Å². The molecule has 0 aliphatic carbocycles. The molecule has 0 saturated carbocycles. The zero-order chi connectivity index (χ0) is 14.9. The Bertz CT molecular complexity index is 970. The molecule has 4 aromatic rings. The Morgan fingerprint density at radius 1 is 0.591 bits per heavy atom. The van der Waals surface area contributed by atoms with Crippen LogP contribution < -0.4 is 4.74 Å². The molecule has 0 fully saturated rings. The minimum atomic E-state index is 0.911. The number of ether oxygens (including phenoxy) is 1. The summed E-state index contributed by atoms with van der Waals surface area (Å²) in [7, 11) is 1.73. The molecular weight excluding hydrogens is 268 g/mol. The molecule has 0 aliphatic rings. The Balaban J connectivity index is 1.97. The molecule has 1 nitrogen and oxygen atoms in total. The molecule has 0 saturated heterocycles. The summed E-state index contributed by atoms with van der Waals surface area (Å²) in [6.45, 7) is 0. The Morgan fingerprint density at radius 3 is 1.86 bits per heavy atom. The molecule has 0 radical (unpaired) electrons. The number of fused-ring (bicyclic) bond motifs is 2. The van der Waals surface area contributed by atoms with Crippen LogP contribution in [-0.2, 0) is 0 Å². The molecule has 0 spiro atoms. The van der Waals surface area contributed by atoms with Crippen molar-refractivity contribution in [3.8, 4) is 16.9 Å². The van der Waals surface area contributed by atoms with Gasteiger partial charge in [0.05, 0.1) is 7.11 Å². The molecule has 22 heavy (non-hydrogen) atoms. The van der Waals surface area contributed by atoms with E-state index in [-0.39, 0.29) is 0 Å². The Kier molecular flexibility index (Phi) is 3.05. The summed E-state index contributed by atoms with van der Waals surface area (Å²) in [5, 5.41) is 4.93. The largest absolute Gasteiger partial charge is 0.496 e. The second-order valence-corrected chi connectivity index (χ2v) is 5.46. The molecule has 0 bridgehead atoms. The van der Waals surface area contributed by atoms with Gasteiger partial charge in [-0.15, -0.1) is 0 Å². The first kappa shape index (κ1) is 12.9. The van der Waals surface area contributed by atoms with E-state index < -0.39 is 0 Å². The fourth-order valence-corrected chi connectivity index (χ4v) is 2.97. The van der Waals surface area contributed by atoms with Crippen LogP contribution in [0.4, 0.5) is 0 Å². The number of methoxy groups -OCH3 is 1. The van der Waals surface area contributed by atoms with Crippen LogP contribution in [0.3, 0.4) is 0 Å². The van der Waals surface area contributed by atoms with Crippen molar-refractivity contribution in [1.82, 2.24) is 0 Å². The maximum Gasteiger partial charge on any atom is 0.127 e. The van der Waals surface area contributed by atoms with E-state index in [9.17, 15) is 0 Å². The van der Waals surface area contributed by atoms with Crippen molar-refractivity contribution in [2.24, 2.45) is 0 Å². The third kappa shape index (κ3) is 2.11. The van der Waals surface area contributed by atoms with Gasteiger partial charge in [0.15, 0.2) is 0 Å². The second kappa shape index (κ2) is 5.19. The lowest BCUT2D eigenvalue weighted by atomic mass is 9.97. The third-order valence-corrected chi connectivity index (χ3v) is 4.13. The predicted octanol–water partition coefficient (Wildman–Crippen LogP) is 5.67. The average Bonchev–Trinajstić information content (AvgIpc) is 2.60. The quantitative estimate of drug-likeness (QED) is 0.461. The van der Waals surface area contributed by atoms with E-state index in [1.807, 2.05) is 0 Å². The summed E-state index contributed by atoms with van der Waals surface area (Å²) < 4.78 is 5.62. The van der Waals surface area contributed by atoms with Gasteiger partial charge in [-0.1, -0.05) is 60.7 Å². The summed E-state index contributed by atoms with van der Waals surface area (Å²) >= 11 is 0. The molecule has 0 N–H and O–H groups in total. The van der Waals surface area contributed by atoms with Crippen molar-refractivity contribution in [3.63, 3.8) is 0 Å². The van der Waals surface area contributed by atoms with Gasteiger partial charge in [0.25, 0.3) is 0 Å². The van der Waals surface area contributed by atoms with Crippen molar-refractivity contribution in [2.75, 3.05) is 7.11 Å². The Morgan fingerprint density at radius 2 is 1.18 bits per heavy atom. The Labute approximate surface area is 129 Å². The van der Waals surface area contributed by atoms with Gasteiger partial charge in [-0.25, -0.2) is 0 Å². The summed E-state index contributed by atoms with van der Waals surface area (Å²) in [6, 6.07) is 27.7. The molecule has 0 unspecified atom stereocenters. The highest BCUT2D eigenvalue weighted by atomic mass is 16.5. The first-order valence-electron chi connectivity index (χ1n) is 7.41. The van der Waals surface area contributed by atoms with Crippen LogP contribution in [0.15, 0.2) is 78.9 Å². The van der Waals surface area contributed by atoms with Gasteiger partial charge in [0, 0.05) is 5.56 Å². The van der Waals surface area contributed by atoms with E-state index in [0.717, 1.165) is 11.3 Å². The Hall–Kier alpha value is -2.80. The number of hydrogen-bond donors (Lipinski definition) is 0. The van der Waals surface area contributed by atoms with Crippen molar-refractivity contribution in [1.29, 1.82) is 0 Å². The average molecular weight is 284 g/mol. The summed E-state index contributed by atoms with van der Waals surface area (Å²) in [6.07, 6.45) is 0. The van der Waals surface area contributed by atoms with Gasteiger partial charge < -0.3 is 4.74 Å². The van der Waals surface area contributed by atoms with Gasteiger partial charge >= 0.3 is 0 Å². The number of benzene rings is 4. The molecular formula is C21H16O. The van der Waals surface area contributed by atoms with E-state index >= 15 is 0 Å². The normalized spacial score (nSPS) is 11.0. The van der Waals surface area contributed by atoms with Crippen LogP contribution in [0.5, 0.6) is 5.75 Å². The maximum absolute atomic E-state index is 5.62. The lowest BCUT2D eigenvalue weighted by Crippen LogP contribution is -1.89. The summed E-state index contributed by atoms with van der Waals surface area (Å²) in [4.78, 5) is 0. The van der Waals surface area contributed by atoms with E-state index in [1.54, 1.807) is 7.11 Å². The number of rotatable bonds is 2. The van der Waals surface area contributed by atoms with Gasteiger partial charge in [-0.2, -0.15) is 0 Å². The molecule has 0 aromatic heterocycles. The SMILES string of the molecule is COc1cc2ccccc2cc1-c1ccc2ccccc2c1. The first-order valence-corrected chi connectivity index (χ1v) is 7.41. The minimum Gasteiger partial charge on any atom is -0.496 e. The van der Waals surface area contributed by atoms with Gasteiger partial charge in [0.2, 0.25) is 0 Å². The monoisotopic (exact) mass is 284 g/mol. The van der Waals surface area contributed by atoms with E-state index in [1.165, 1.54) is 27.1 Å². The standard InChI is InChI=1S/C21H16O/c1-22-21-14-18-9-5-4-8-17(18)13-20(21)19-11-10-15-6-2-3-7-16(15)12-19/h2-14H,1H3. The van der Waals surface area contributed by atoms with Gasteiger partial charge in [-0.3, -0.25) is 0 Å². The fraction of sp³-hybridized carbons (Fsp3) is 0.0476. The van der Waals surface area contributed by atoms with E-state index in [4.69, 9.17) is 4.74 Å². The highest BCUT2D eigenvalue weighted by molar-refractivity contribution is 5.93. The van der Waals surface area contributed by atoms with Gasteiger partial charge in [0.1, 0.15) is 5.75 Å². The van der Waals surface area contributed by atoms with Crippen LogP contribution in [-0.4, -0.2) is 7.11 Å². The first-order chi connectivity index (χ1) is 10.8. The molecule has 0 atom stereocenters. The van der Waals surface area contributed by atoms with Crippen LogP contribution in [0.25, 0.3) is 32.7 Å². The van der Waals surface area contributed by atoms with Crippen LogP contribution in [0, 0.1) is 0 Å². The lowest BCUT2D eigenvalue weighted by molar-refractivity contribution is 0.417. The van der Waals surface area contributed by atoms with Gasteiger partial charge in [-0.05, 0) is 45.3 Å². The highest BCUT2D eigenvalue weighted by Gasteiger charge is 2.08. The van der Waals surface area contributed by atoms with E-state index in [0.29, 0.717) is 0 Å². The molecule has 4 aromatic carbocycles. The highest BCUT2D eigenvalue weighted by Crippen LogP contribution is 2.35. The third-order valence-electron chi connectivity index (χ3n) is 4.13. The zero-order valence-electron chi connectivity index (χ0n) is 12.4. The summed E-state index contributed by atoms with van der Waals surface area (Å²) in [5.41, 5.74) is 2.31. The van der Waals surface area contributed by atoms with Crippen molar-refractivity contribution in [3.05, 3.63) is 78.9 Å². The smallest absolute Gasteiger partial charge is 0.127 e.